The molecule has 3 saturated carbocycles. The highest BCUT2D eigenvalue weighted by molar-refractivity contribution is 5.68. The van der Waals surface area contributed by atoms with E-state index in [0.29, 0.717) is 12.5 Å². The fourth-order valence-electron chi connectivity index (χ4n) is 4.19. The predicted molar refractivity (Wildman–Crippen MR) is 92.3 cm³/mol. The molecule has 4 heteroatoms. The molecule has 134 valence electrons. The van der Waals surface area contributed by atoms with Gasteiger partial charge in [0, 0.05) is 19.7 Å². The lowest BCUT2D eigenvalue weighted by atomic mass is 9.54. The zero-order valence-corrected chi connectivity index (χ0v) is 15.7. The third-order valence-corrected chi connectivity index (χ3v) is 5.66. The maximum atomic E-state index is 12.6. The highest BCUT2D eigenvalue weighted by Crippen LogP contribution is 2.56. The van der Waals surface area contributed by atoms with Gasteiger partial charge in [0.2, 0.25) is 0 Å². The molecule has 0 aromatic carbocycles. The highest BCUT2D eigenvalue weighted by Gasteiger charge is 2.49. The van der Waals surface area contributed by atoms with Crippen molar-refractivity contribution in [3.63, 3.8) is 0 Å². The van der Waals surface area contributed by atoms with Crippen LogP contribution in [0.4, 0.5) is 4.79 Å². The van der Waals surface area contributed by atoms with Crippen molar-refractivity contribution >= 4 is 6.09 Å². The van der Waals surface area contributed by atoms with Crippen LogP contribution in [0.5, 0.6) is 0 Å². The van der Waals surface area contributed by atoms with Crippen molar-refractivity contribution in [3.8, 4) is 0 Å². The molecule has 3 aliphatic carbocycles. The van der Waals surface area contributed by atoms with Gasteiger partial charge in [0.15, 0.2) is 0 Å². The predicted octanol–water partition coefficient (Wildman–Crippen LogP) is 4.21. The van der Waals surface area contributed by atoms with Crippen molar-refractivity contribution in [1.29, 1.82) is 0 Å². The number of fused-ring (bicyclic) bond motifs is 3. The molecule has 1 N–H and O–H groups in total. The quantitative estimate of drug-likeness (QED) is 0.823. The van der Waals surface area contributed by atoms with E-state index in [4.69, 9.17) is 4.74 Å². The van der Waals surface area contributed by atoms with E-state index in [1.54, 1.807) is 0 Å². The number of ether oxygens (including phenoxy) is 1. The van der Waals surface area contributed by atoms with Gasteiger partial charge in [-0.1, -0.05) is 13.8 Å². The van der Waals surface area contributed by atoms with E-state index in [-0.39, 0.29) is 16.9 Å². The minimum absolute atomic E-state index is 0.176. The minimum atomic E-state index is -0.449. The van der Waals surface area contributed by atoms with Crippen LogP contribution in [0, 0.1) is 16.7 Å². The van der Waals surface area contributed by atoms with E-state index in [1.165, 1.54) is 0 Å². The van der Waals surface area contributed by atoms with Gasteiger partial charge in [-0.05, 0) is 76.0 Å². The standard InChI is InChI=1S/C19H35NO3/c1-15(2)12-20(16(22)23-17(3,4)5)13-18-6-9-19(14-21,10-7-18)11-8-18/h15,21H,6-14H2,1-5H3. The van der Waals surface area contributed by atoms with Crippen molar-refractivity contribution in [3.05, 3.63) is 0 Å². The second-order valence-electron chi connectivity index (χ2n) is 9.41. The maximum absolute atomic E-state index is 12.6. The first-order valence-electron chi connectivity index (χ1n) is 9.18. The summed E-state index contributed by atoms with van der Waals surface area (Å²) in [6.45, 7) is 11.9. The maximum Gasteiger partial charge on any atom is 0.410 e. The van der Waals surface area contributed by atoms with Crippen molar-refractivity contribution < 1.29 is 14.6 Å². The zero-order valence-electron chi connectivity index (χ0n) is 15.7. The summed E-state index contributed by atoms with van der Waals surface area (Å²) in [6, 6.07) is 0. The number of aliphatic hydroxyl groups is 1. The van der Waals surface area contributed by atoms with Crippen LogP contribution in [0.15, 0.2) is 0 Å². The SMILES string of the molecule is CC(C)CN(CC12CCC(CO)(CC1)CC2)C(=O)OC(C)(C)C. The number of hydrogen-bond acceptors (Lipinski definition) is 3. The lowest BCUT2D eigenvalue weighted by molar-refractivity contribution is -0.0602. The number of amides is 1. The lowest BCUT2D eigenvalue weighted by Gasteiger charge is -2.54. The average molecular weight is 325 g/mol. The molecule has 3 fully saturated rings. The molecule has 0 atom stereocenters. The van der Waals surface area contributed by atoms with Crippen LogP contribution in [0.25, 0.3) is 0 Å². The normalized spacial score (nSPS) is 30.6. The Balaban J connectivity index is 2.05. The van der Waals surface area contributed by atoms with Gasteiger partial charge in [0.25, 0.3) is 0 Å². The molecule has 3 aliphatic rings. The van der Waals surface area contributed by atoms with Crippen LogP contribution < -0.4 is 0 Å². The van der Waals surface area contributed by atoms with Crippen LogP contribution in [0.2, 0.25) is 0 Å². The Morgan fingerprint density at radius 1 is 1.09 bits per heavy atom. The van der Waals surface area contributed by atoms with Crippen molar-refractivity contribution in [2.24, 2.45) is 16.7 Å². The van der Waals surface area contributed by atoms with Crippen LogP contribution in [0.3, 0.4) is 0 Å². The topological polar surface area (TPSA) is 49.8 Å². The molecule has 2 bridgehead atoms. The molecule has 0 aromatic heterocycles. The van der Waals surface area contributed by atoms with E-state index < -0.39 is 5.60 Å². The molecule has 0 aliphatic heterocycles. The molecule has 4 nitrogen and oxygen atoms in total. The Bertz CT molecular complexity index is 400. The summed E-state index contributed by atoms with van der Waals surface area (Å²) >= 11 is 0. The van der Waals surface area contributed by atoms with E-state index in [1.807, 2.05) is 25.7 Å². The number of carbonyl (C=O) groups is 1. The summed E-state index contributed by atoms with van der Waals surface area (Å²) in [5.41, 5.74) is -0.0333. The minimum Gasteiger partial charge on any atom is -0.444 e. The summed E-state index contributed by atoms with van der Waals surface area (Å²) in [6.07, 6.45) is 6.53. The summed E-state index contributed by atoms with van der Waals surface area (Å²) in [7, 11) is 0. The summed E-state index contributed by atoms with van der Waals surface area (Å²) in [5, 5.41) is 9.68. The van der Waals surface area contributed by atoms with E-state index in [9.17, 15) is 9.90 Å². The van der Waals surface area contributed by atoms with Gasteiger partial charge < -0.3 is 14.7 Å². The molecular formula is C19H35NO3. The van der Waals surface area contributed by atoms with Gasteiger partial charge in [-0.25, -0.2) is 4.79 Å². The summed E-state index contributed by atoms with van der Waals surface area (Å²) in [5.74, 6) is 0.433. The fraction of sp³-hybridized carbons (Fsp3) is 0.947. The number of rotatable bonds is 5. The fourth-order valence-corrected chi connectivity index (χ4v) is 4.19. The van der Waals surface area contributed by atoms with Crippen LogP contribution in [0.1, 0.15) is 73.1 Å². The first kappa shape index (κ1) is 18.6. The number of nitrogens with zero attached hydrogens (tertiary/aromatic N) is 1. The third kappa shape index (κ3) is 4.62. The van der Waals surface area contributed by atoms with Gasteiger partial charge in [0.05, 0.1) is 0 Å². The highest BCUT2D eigenvalue weighted by atomic mass is 16.6. The molecular weight excluding hydrogens is 290 g/mol. The van der Waals surface area contributed by atoms with Gasteiger partial charge in [0.1, 0.15) is 5.60 Å². The molecule has 0 radical (unpaired) electrons. The molecule has 0 saturated heterocycles. The molecule has 0 aromatic rings. The first-order chi connectivity index (χ1) is 10.6. The van der Waals surface area contributed by atoms with Crippen LogP contribution in [-0.2, 0) is 4.74 Å². The zero-order chi connectivity index (χ0) is 17.3. The molecule has 3 rings (SSSR count). The Morgan fingerprint density at radius 3 is 1.96 bits per heavy atom. The lowest BCUT2D eigenvalue weighted by Crippen LogP contribution is -2.51. The summed E-state index contributed by atoms with van der Waals surface area (Å²) in [4.78, 5) is 14.6. The first-order valence-corrected chi connectivity index (χ1v) is 9.18. The van der Waals surface area contributed by atoms with Crippen molar-refractivity contribution in [1.82, 2.24) is 4.90 Å². The second-order valence-corrected chi connectivity index (χ2v) is 9.41. The summed E-state index contributed by atoms with van der Waals surface area (Å²) < 4.78 is 5.63. The van der Waals surface area contributed by atoms with Gasteiger partial charge in [-0.2, -0.15) is 0 Å². The Labute approximate surface area is 141 Å². The smallest absolute Gasteiger partial charge is 0.410 e. The Kier molecular flexibility index (Phi) is 5.34. The monoisotopic (exact) mass is 325 g/mol. The third-order valence-electron chi connectivity index (χ3n) is 5.66. The second kappa shape index (κ2) is 6.62. The van der Waals surface area contributed by atoms with Crippen LogP contribution >= 0.6 is 0 Å². The van der Waals surface area contributed by atoms with Crippen molar-refractivity contribution in [2.45, 2.75) is 78.7 Å². The molecule has 0 spiro atoms. The number of carbonyl (C=O) groups excluding carboxylic acids is 1. The Hall–Kier alpha value is -0.770. The number of aliphatic hydroxyl groups excluding tert-OH is 1. The van der Waals surface area contributed by atoms with Gasteiger partial charge in [-0.15, -0.1) is 0 Å². The molecule has 23 heavy (non-hydrogen) atoms. The van der Waals surface area contributed by atoms with Crippen molar-refractivity contribution in [2.75, 3.05) is 19.7 Å². The molecule has 0 unspecified atom stereocenters. The Morgan fingerprint density at radius 2 is 1.57 bits per heavy atom. The largest absolute Gasteiger partial charge is 0.444 e. The number of hydrogen-bond donors (Lipinski definition) is 1. The van der Waals surface area contributed by atoms with Gasteiger partial charge >= 0.3 is 6.09 Å². The van der Waals surface area contributed by atoms with Gasteiger partial charge in [-0.3, -0.25) is 0 Å². The van der Waals surface area contributed by atoms with E-state index in [0.717, 1.165) is 51.6 Å². The molecule has 0 heterocycles. The molecule has 1 amide bonds. The average Bonchev–Trinajstić information content (AvgIpc) is 2.46. The van der Waals surface area contributed by atoms with E-state index >= 15 is 0 Å². The van der Waals surface area contributed by atoms with Crippen LogP contribution in [-0.4, -0.2) is 41.4 Å². The van der Waals surface area contributed by atoms with E-state index in [2.05, 4.69) is 13.8 Å².